The molecule has 1 atom stereocenters. The van der Waals surface area contributed by atoms with Crippen molar-refractivity contribution in [3.63, 3.8) is 0 Å². The molecule has 3 rings (SSSR count). The van der Waals surface area contributed by atoms with Crippen molar-refractivity contribution in [1.82, 2.24) is 14.2 Å². The minimum Gasteiger partial charge on any atom is -0.441 e. The maximum atomic E-state index is 12.6. The van der Waals surface area contributed by atoms with Gasteiger partial charge in [0.05, 0.1) is 11.9 Å². The molecule has 9 heteroatoms. The van der Waals surface area contributed by atoms with Gasteiger partial charge in [0.25, 0.3) is 0 Å². The number of sulfonamides is 1. The van der Waals surface area contributed by atoms with Crippen LogP contribution < -0.4 is 5.32 Å². The molecule has 0 radical (unpaired) electrons. The Hall–Kier alpha value is -2.13. The Morgan fingerprint density at radius 2 is 2.12 bits per heavy atom. The molecule has 1 aromatic carbocycles. The molecule has 1 N–H and O–H groups in total. The number of hydrogen-bond donors (Lipinski definition) is 1. The lowest BCUT2D eigenvalue weighted by Crippen LogP contribution is -2.56. The first-order chi connectivity index (χ1) is 11.3. The number of nitrogens with one attached hydrogen (secondary N) is 1. The number of amides is 2. The lowest BCUT2D eigenvalue weighted by Gasteiger charge is -2.38. The van der Waals surface area contributed by atoms with Crippen LogP contribution in [0, 0.1) is 6.92 Å². The van der Waals surface area contributed by atoms with Crippen LogP contribution in [0.4, 0.5) is 10.5 Å². The van der Waals surface area contributed by atoms with Crippen LogP contribution in [0.1, 0.15) is 12.8 Å². The number of carbonyl (C=O) groups is 1. The number of aromatic nitrogens is 1. The third kappa shape index (κ3) is 3.22. The topological polar surface area (TPSA) is 95.8 Å². The minimum absolute atomic E-state index is 0.216. The predicted molar refractivity (Wildman–Crippen MR) is 90.3 cm³/mol. The summed E-state index contributed by atoms with van der Waals surface area (Å²) in [6.45, 7) is 4.51. The van der Waals surface area contributed by atoms with Gasteiger partial charge in [-0.15, -0.1) is 0 Å². The summed E-state index contributed by atoms with van der Waals surface area (Å²) in [7, 11) is -3.24. The monoisotopic (exact) mass is 352 g/mol. The van der Waals surface area contributed by atoms with E-state index in [9.17, 15) is 13.2 Å². The van der Waals surface area contributed by atoms with Gasteiger partial charge in [0.1, 0.15) is 5.52 Å². The van der Waals surface area contributed by atoms with Crippen molar-refractivity contribution in [2.45, 2.75) is 19.9 Å². The normalized spacial score (nSPS) is 19.6. The zero-order valence-corrected chi connectivity index (χ0v) is 14.6. The summed E-state index contributed by atoms with van der Waals surface area (Å²) in [4.78, 5) is 18.5. The van der Waals surface area contributed by atoms with Gasteiger partial charge in [0.2, 0.25) is 10.0 Å². The molecule has 1 aliphatic heterocycles. The first kappa shape index (κ1) is 16.7. The molecule has 2 heterocycles. The summed E-state index contributed by atoms with van der Waals surface area (Å²) in [6, 6.07) is 4.85. The van der Waals surface area contributed by atoms with Crippen molar-refractivity contribution in [2.24, 2.45) is 0 Å². The molecule has 2 amide bonds. The summed E-state index contributed by atoms with van der Waals surface area (Å²) < 4.78 is 30.1. The molecule has 24 heavy (non-hydrogen) atoms. The van der Waals surface area contributed by atoms with Crippen LogP contribution in [0.2, 0.25) is 0 Å². The fourth-order valence-electron chi connectivity index (χ4n) is 2.87. The zero-order valence-electron chi connectivity index (χ0n) is 13.8. The van der Waals surface area contributed by atoms with E-state index in [4.69, 9.17) is 4.42 Å². The third-order valence-electron chi connectivity index (χ3n) is 4.09. The van der Waals surface area contributed by atoms with Gasteiger partial charge >= 0.3 is 6.03 Å². The molecule has 0 spiro atoms. The largest absolute Gasteiger partial charge is 0.441 e. The van der Waals surface area contributed by atoms with Gasteiger partial charge < -0.3 is 14.6 Å². The van der Waals surface area contributed by atoms with Crippen LogP contribution in [-0.2, 0) is 10.0 Å². The highest BCUT2D eigenvalue weighted by Gasteiger charge is 2.31. The van der Waals surface area contributed by atoms with Crippen molar-refractivity contribution in [3.8, 4) is 0 Å². The fourth-order valence-corrected chi connectivity index (χ4v) is 3.77. The maximum absolute atomic E-state index is 12.6. The molecule has 1 aliphatic rings. The van der Waals surface area contributed by atoms with Crippen LogP contribution in [-0.4, -0.2) is 60.6 Å². The predicted octanol–water partition coefficient (Wildman–Crippen LogP) is 1.63. The van der Waals surface area contributed by atoms with E-state index in [1.807, 2.05) is 6.92 Å². The number of rotatable bonds is 2. The lowest BCUT2D eigenvalue weighted by molar-refractivity contribution is 0.149. The molecule has 8 nitrogen and oxygen atoms in total. The number of fused-ring (bicyclic) bond motifs is 1. The minimum atomic E-state index is -3.24. The number of piperazine rings is 1. The Balaban J connectivity index is 1.75. The number of benzene rings is 1. The van der Waals surface area contributed by atoms with E-state index in [0.717, 1.165) is 0 Å². The lowest BCUT2D eigenvalue weighted by atomic mass is 10.2. The standard InChI is InChI=1S/C15H20N4O4S/c1-10-9-18(24(3,21)22)7-8-19(10)15(20)17-12-5-4-6-13-14(12)16-11(2)23-13/h4-6,10H,7-9H2,1-3H3,(H,17,20). The Bertz CT molecular complexity index is 877. The summed E-state index contributed by atoms with van der Waals surface area (Å²) in [5.74, 6) is 0.529. The van der Waals surface area contributed by atoms with Gasteiger partial charge in [-0.3, -0.25) is 0 Å². The highest BCUT2D eigenvalue weighted by Crippen LogP contribution is 2.24. The second kappa shape index (κ2) is 6.06. The molecule has 2 aromatic rings. The number of nitrogens with zero attached hydrogens (tertiary/aromatic N) is 3. The summed E-state index contributed by atoms with van der Waals surface area (Å²) in [6.07, 6.45) is 1.18. The number of anilines is 1. The first-order valence-electron chi connectivity index (χ1n) is 7.64. The molecule has 130 valence electrons. The van der Waals surface area contributed by atoms with Crippen molar-refractivity contribution in [3.05, 3.63) is 24.1 Å². The van der Waals surface area contributed by atoms with Crippen LogP contribution in [0.3, 0.4) is 0 Å². The summed E-state index contributed by atoms with van der Waals surface area (Å²) in [5, 5.41) is 2.85. The van der Waals surface area contributed by atoms with Gasteiger partial charge in [0.15, 0.2) is 11.5 Å². The van der Waals surface area contributed by atoms with E-state index in [2.05, 4.69) is 10.3 Å². The van der Waals surface area contributed by atoms with Crippen molar-refractivity contribution >= 4 is 32.8 Å². The van der Waals surface area contributed by atoms with Crippen LogP contribution in [0.15, 0.2) is 22.6 Å². The molecular formula is C15H20N4O4S. The van der Waals surface area contributed by atoms with Gasteiger partial charge in [-0.25, -0.2) is 18.2 Å². The van der Waals surface area contributed by atoms with Crippen molar-refractivity contribution in [2.75, 3.05) is 31.2 Å². The number of carbonyl (C=O) groups excluding carboxylic acids is 1. The van der Waals surface area contributed by atoms with Gasteiger partial charge in [-0.2, -0.15) is 4.31 Å². The summed E-state index contributed by atoms with van der Waals surface area (Å²) >= 11 is 0. The number of urea groups is 1. The van der Waals surface area contributed by atoms with E-state index in [1.165, 1.54) is 10.6 Å². The quantitative estimate of drug-likeness (QED) is 0.886. The highest BCUT2D eigenvalue weighted by molar-refractivity contribution is 7.88. The van der Waals surface area contributed by atoms with E-state index in [1.54, 1.807) is 30.0 Å². The SMILES string of the molecule is Cc1nc2c(NC(=O)N3CCN(S(C)(=O)=O)CC3C)cccc2o1. The molecule has 0 aliphatic carbocycles. The summed E-state index contributed by atoms with van der Waals surface area (Å²) in [5.41, 5.74) is 1.79. The molecule has 0 bridgehead atoms. The van der Waals surface area contributed by atoms with Crippen molar-refractivity contribution < 1.29 is 17.6 Å². The second-order valence-electron chi connectivity index (χ2n) is 5.98. The Morgan fingerprint density at radius 3 is 2.79 bits per heavy atom. The molecule has 1 fully saturated rings. The fraction of sp³-hybridized carbons (Fsp3) is 0.467. The average Bonchev–Trinajstić information content (AvgIpc) is 2.87. The second-order valence-corrected chi connectivity index (χ2v) is 7.96. The average molecular weight is 352 g/mol. The number of hydrogen-bond acceptors (Lipinski definition) is 5. The Kier molecular flexibility index (Phi) is 4.22. The third-order valence-corrected chi connectivity index (χ3v) is 5.36. The van der Waals surface area contributed by atoms with E-state index in [-0.39, 0.29) is 12.1 Å². The molecule has 1 saturated heterocycles. The van der Waals surface area contributed by atoms with Crippen LogP contribution >= 0.6 is 0 Å². The Morgan fingerprint density at radius 1 is 1.38 bits per heavy atom. The number of para-hydroxylation sites is 1. The number of aryl methyl sites for hydroxylation is 1. The van der Waals surface area contributed by atoms with Crippen LogP contribution in [0.25, 0.3) is 11.1 Å². The number of oxazole rings is 1. The van der Waals surface area contributed by atoms with E-state index >= 15 is 0 Å². The highest BCUT2D eigenvalue weighted by atomic mass is 32.2. The molecular weight excluding hydrogens is 332 g/mol. The first-order valence-corrected chi connectivity index (χ1v) is 9.49. The zero-order chi connectivity index (χ0) is 17.5. The van der Waals surface area contributed by atoms with E-state index < -0.39 is 10.0 Å². The van der Waals surface area contributed by atoms with Crippen LogP contribution in [0.5, 0.6) is 0 Å². The smallest absolute Gasteiger partial charge is 0.322 e. The Labute approximate surface area is 140 Å². The van der Waals surface area contributed by atoms with Crippen molar-refractivity contribution in [1.29, 1.82) is 0 Å². The van der Waals surface area contributed by atoms with Gasteiger partial charge in [-0.1, -0.05) is 6.07 Å². The molecule has 1 unspecified atom stereocenters. The van der Waals surface area contributed by atoms with Gasteiger partial charge in [-0.05, 0) is 19.1 Å². The molecule has 0 saturated carbocycles. The van der Waals surface area contributed by atoms with E-state index in [0.29, 0.717) is 42.3 Å². The maximum Gasteiger partial charge on any atom is 0.322 e. The van der Waals surface area contributed by atoms with Gasteiger partial charge in [0, 0.05) is 32.6 Å². The molecule has 1 aromatic heterocycles.